The van der Waals surface area contributed by atoms with Crippen molar-refractivity contribution >= 4 is 28.2 Å². The van der Waals surface area contributed by atoms with Gasteiger partial charge in [0.25, 0.3) is 0 Å². The van der Waals surface area contributed by atoms with E-state index in [1.165, 1.54) is 5.39 Å². The van der Waals surface area contributed by atoms with Gasteiger partial charge >= 0.3 is 0 Å². The fourth-order valence-corrected chi connectivity index (χ4v) is 2.31. The van der Waals surface area contributed by atoms with Crippen LogP contribution in [0.1, 0.15) is 0 Å². The molecule has 19 heavy (non-hydrogen) atoms. The quantitative estimate of drug-likeness (QED) is 0.782. The first-order valence-corrected chi connectivity index (χ1v) is 6.61. The Labute approximate surface area is 116 Å². The third-order valence-corrected chi connectivity index (χ3v) is 3.39. The Balaban J connectivity index is 1.68. The molecule has 0 aliphatic heterocycles. The summed E-state index contributed by atoms with van der Waals surface area (Å²) in [5.74, 6) is 0. The fourth-order valence-electron chi connectivity index (χ4n) is 2.11. The smallest absolute Gasteiger partial charge is 0.0683 e. The predicted octanol–water partition coefficient (Wildman–Crippen LogP) is 3.80. The molecular weight excluding hydrogens is 258 g/mol. The summed E-state index contributed by atoms with van der Waals surface area (Å²) in [7, 11) is 0. The van der Waals surface area contributed by atoms with Crippen molar-refractivity contribution in [2.75, 3.05) is 11.9 Å². The fraction of sp³-hybridized carbons (Fsp3) is 0.133. The highest BCUT2D eigenvalue weighted by Crippen LogP contribution is 2.20. The molecule has 1 heterocycles. The van der Waals surface area contributed by atoms with Crippen LogP contribution in [0.4, 0.5) is 5.69 Å². The number of aromatic nitrogens is 2. The molecule has 3 rings (SSSR count). The number of benzene rings is 2. The van der Waals surface area contributed by atoms with Crippen molar-refractivity contribution in [3.63, 3.8) is 0 Å². The number of nitrogens with one attached hydrogen (secondary N) is 1. The van der Waals surface area contributed by atoms with Crippen molar-refractivity contribution in [1.29, 1.82) is 0 Å². The second-order valence-electron chi connectivity index (χ2n) is 4.33. The second kappa shape index (κ2) is 5.33. The third-order valence-electron chi connectivity index (χ3n) is 3.06. The van der Waals surface area contributed by atoms with Gasteiger partial charge in [0.05, 0.1) is 29.0 Å². The molecular formula is C15H14ClN3. The van der Waals surface area contributed by atoms with E-state index in [0.717, 1.165) is 29.3 Å². The highest BCUT2D eigenvalue weighted by Gasteiger charge is 2.02. The van der Waals surface area contributed by atoms with Gasteiger partial charge in [0.1, 0.15) is 0 Å². The molecule has 0 spiro atoms. The minimum absolute atomic E-state index is 0.743. The second-order valence-corrected chi connectivity index (χ2v) is 4.74. The SMILES string of the molecule is Clc1ccccc1NCCn1ncc2ccccc21. The topological polar surface area (TPSA) is 29.9 Å². The molecule has 0 saturated carbocycles. The van der Waals surface area contributed by atoms with E-state index in [1.807, 2.05) is 47.3 Å². The molecule has 3 aromatic rings. The first kappa shape index (κ1) is 12.1. The number of hydrogen-bond donors (Lipinski definition) is 1. The number of nitrogens with zero attached hydrogens (tertiary/aromatic N) is 2. The lowest BCUT2D eigenvalue weighted by Crippen LogP contribution is -2.11. The Morgan fingerprint density at radius 1 is 1.05 bits per heavy atom. The van der Waals surface area contributed by atoms with E-state index in [0.29, 0.717) is 0 Å². The largest absolute Gasteiger partial charge is 0.382 e. The maximum absolute atomic E-state index is 6.10. The van der Waals surface area contributed by atoms with Crippen molar-refractivity contribution in [1.82, 2.24) is 9.78 Å². The van der Waals surface area contributed by atoms with E-state index in [4.69, 9.17) is 11.6 Å². The van der Waals surface area contributed by atoms with Crippen molar-refractivity contribution in [3.05, 3.63) is 59.8 Å². The summed E-state index contributed by atoms with van der Waals surface area (Å²) in [6.45, 7) is 1.59. The molecule has 0 unspecified atom stereocenters. The van der Waals surface area contributed by atoms with E-state index >= 15 is 0 Å². The van der Waals surface area contributed by atoms with Crippen LogP contribution in [0.15, 0.2) is 54.7 Å². The molecule has 0 radical (unpaired) electrons. The number of halogens is 1. The van der Waals surface area contributed by atoms with Crippen LogP contribution in [0.5, 0.6) is 0 Å². The Hall–Kier alpha value is -2.00. The molecule has 2 aromatic carbocycles. The molecule has 0 amide bonds. The molecule has 1 N–H and O–H groups in total. The standard InChI is InChI=1S/C15H14ClN3/c16-13-6-2-3-7-14(13)17-9-10-19-15-8-4-1-5-12(15)11-18-19/h1-8,11,17H,9-10H2. The van der Waals surface area contributed by atoms with Gasteiger partial charge < -0.3 is 5.32 Å². The highest BCUT2D eigenvalue weighted by atomic mass is 35.5. The van der Waals surface area contributed by atoms with E-state index in [2.05, 4.69) is 22.5 Å². The predicted molar refractivity (Wildman–Crippen MR) is 79.7 cm³/mol. The summed E-state index contributed by atoms with van der Waals surface area (Å²) < 4.78 is 2.00. The maximum Gasteiger partial charge on any atom is 0.0683 e. The number of fused-ring (bicyclic) bond motifs is 1. The highest BCUT2D eigenvalue weighted by molar-refractivity contribution is 6.33. The van der Waals surface area contributed by atoms with E-state index < -0.39 is 0 Å². The monoisotopic (exact) mass is 271 g/mol. The molecule has 0 atom stereocenters. The molecule has 3 nitrogen and oxygen atoms in total. The summed E-state index contributed by atoms with van der Waals surface area (Å²) in [5, 5.41) is 9.63. The first-order valence-electron chi connectivity index (χ1n) is 6.23. The van der Waals surface area contributed by atoms with Crippen LogP contribution in [0, 0.1) is 0 Å². The zero-order valence-electron chi connectivity index (χ0n) is 10.4. The summed E-state index contributed by atoms with van der Waals surface area (Å²) >= 11 is 6.10. The van der Waals surface area contributed by atoms with Gasteiger partial charge in [-0.25, -0.2) is 0 Å². The zero-order valence-corrected chi connectivity index (χ0v) is 11.1. The number of rotatable bonds is 4. The lowest BCUT2D eigenvalue weighted by molar-refractivity contribution is 0.660. The molecule has 0 aliphatic carbocycles. The van der Waals surface area contributed by atoms with Crippen molar-refractivity contribution < 1.29 is 0 Å². The Morgan fingerprint density at radius 3 is 2.74 bits per heavy atom. The van der Waals surface area contributed by atoms with Crippen LogP contribution in [-0.2, 0) is 6.54 Å². The molecule has 0 fully saturated rings. The molecule has 0 saturated heterocycles. The summed E-state index contributed by atoms with van der Waals surface area (Å²) in [6, 6.07) is 16.0. The zero-order chi connectivity index (χ0) is 13.1. The van der Waals surface area contributed by atoms with Crippen molar-refractivity contribution in [3.8, 4) is 0 Å². The average Bonchev–Trinajstić information content (AvgIpc) is 2.85. The average molecular weight is 272 g/mol. The Morgan fingerprint density at radius 2 is 1.84 bits per heavy atom. The van der Waals surface area contributed by atoms with Gasteiger partial charge in [-0.3, -0.25) is 4.68 Å². The lowest BCUT2D eigenvalue weighted by Gasteiger charge is -2.08. The van der Waals surface area contributed by atoms with Gasteiger partial charge in [0.15, 0.2) is 0 Å². The normalized spacial score (nSPS) is 10.8. The van der Waals surface area contributed by atoms with Crippen LogP contribution >= 0.6 is 11.6 Å². The van der Waals surface area contributed by atoms with Gasteiger partial charge in [-0.1, -0.05) is 41.9 Å². The minimum Gasteiger partial charge on any atom is -0.382 e. The van der Waals surface area contributed by atoms with Gasteiger partial charge in [-0.2, -0.15) is 5.10 Å². The number of para-hydroxylation sites is 2. The van der Waals surface area contributed by atoms with E-state index in [1.54, 1.807) is 0 Å². The van der Waals surface area contributed by atoms with E-state index in [9.17, 15) is 0 Å². The summed E-state index contributed by atoms with van der Waals surface area (Å²) in [6.07, 6.45) is 1.89. The van der Waals surface area contributed by atoms with Crippen molar-refractivity contribution in [2.24, 2.45) is 0 Å². The Kier molecular flexibility index (Phi) is 3.38. The van der Waals surface area contributed by atoms with Gasteiger partial charge in [0.2, 0.25) is 0 Å². The maximum atomic E-state index is 6.10. The van der Waals surface area contributed by atoms with Crippen LogP contribution < -0.4 is 5.32 Å². The molecule has 0 bridgehead atoms. The number of hydrogen-bond acceptors (Lipinski definition) is 2. The Bertz CT molecular complexity index is 690. The van der Waals surface area contributed by atoms with Gasteiger partial charge in [-0.05, 0) is 18.2 Å². The molecule has 1 aromatic heterocycles. The van der Waals surface area contributed by atoms with Crippen LogP contribution in [-0.4, -0.2) is 16.3 Å². The molecule has 96 valence electrons. The van der Waals surface area contributed by atoms with E-state index in [-0.39, 0.29) is 0 Å². The third kappa shape index (κ3) is 2.56. The van der Waals surface area contributed by atoms with Crippen molar-refractivity contribution in [2.45, 2.75) is 6.54 Å². The minimum atomic E-state index is 0.743. The van der Waals surface area contributed by atoms with Crippen LogP contribution in [0.3, 0.4) is 0 Å². The van der Waals surface area contributed by atoms with Gasteiger partial charge in [0, 0.05) is 11.9 Å². The summed E-state index contributed by atoms with van der Waals surface area (Å²) in [4.78, 5) is 0. The first-order chi connectivity index (χ1) is 9.34. The molecule has 0 aliphatic rings. The number of anilines is 1. The van der Waals surface area contributed by atoms with Crippen LogP contribution in [0.25, 0.3) is 10.9 Å². The molecule has 4 heteroatoms. The van der Waals surface area contributed by atoms with Crippen LogP contribution in [0.2, 0.25) is 5.02 Å². The van der Waals surface area contributed by atoms with Gasteiger partial charge in [-0.15, -0.1) is 0 Å². The summed E-state index contributed by atoms with van der Waals surface area (Å²) in [5.41, 5.74) is 2.11. The lowest BCUT2D eigenvalue weighted by atomic mass is 10.2.